The second-order valence-corrected chi connectivity index (χ2v) is 11.1. The molecule has 1 fully saturated rings. The number of aromatic nitrogens is 1. The fourth-order valence-corrected chi connectivity index (χ4v) is 4.16. The summed E-state index contributed by atoms with van der Waals surface area (Å²) in [6.07, 6.45) is 2.08. The van der Waals surface area contributed by atoms with Crippen LogP contribution in [0.25, 0.3) is 10.9 Å². The van der Waals surface area contributed by atoms with Crippen LogP contribution in [0.4, 0.5) is 10.1 Å². The van der Waals surface area contributed by atoms with Gasteiger partial charge in [-0.3, -0.25) is 9.35 Å². The summed E-state index contributed by atoms with van der Waals surface area (Å²) in [6, 6.07) is 12.9. The summed E-state index contributed by atoms with van der Waals surface area (Å²) < 4.78 is 42.8. The fourth-order valence-electron chi connectivity index (χ4n) is 4.16. The summed E-state index contributed by atoms with van der Waals surface area (Å²) >= 11 is 0. The molecule has 3 aromatic rings. The van der Waals surface area contributed by atoms with Crippen LogP contribution >= 0.6 is 0 Å². The van der Waals surface area contributed by atoms with Crippen LogP contribution in [0.3, 0.4) is 0 Å². The average Bonchev–Trinajstić information content (AvgIpc) is 2.78. The maximum atomic E-state index is 15.2. The summed E-state index contributed by atoms with van der Waals surface area (Å²) in [5.41, 5.74) is 0.536. The zero-order valence-corrected chi connectivity index (χ0v) is 21.3. The monoisotopic (exact) mass is 519 g/mol. The zero-order chi connectivity index (χ0) is 26.8. The van der Waals surface area contributed by atoms with Crippen LogP contribution in [-0.2, 0) is 15.7 Å². The third-order valence-electron chi connectivity index (χ3n) is 5.74. The van der Waals surface area contributed by atoms with E-state index in [9.17, 15) is 23.1 Å². The molecule has 11 heteroatoms. The Kier molecular flexibility index (Phi) is 7.87. The maximum absolute atomic E-state index is 15.2. The number of carboxylic acid groups (broad SMARTS) is 1. The number of carboxylic acids is 1. The van der Waals surface area contributed by atoms with Gasteiger partial charge in [-0.05, 0) is 38.5 Å². The number of nitrogens with zero attached hydrogens (tertiary/aromatic N) is 2. The Morgan fingerprint density at radius 3 is 2.33 bits per heavy atom. The molecule has 1 saturated heterocycles. The lowest BCUT2D eigenvalue weighted by Crippen LogP contribution is -2.46. The first-order chi connectivity index (χ1) is 16.7. The standard InChI is InChI=1S/C24H26FN3O3.CH4O3S/c1-24(2,3)28-13-17(23(30)31)22(29)16-11-18(25)21(12-20(16)28)27-10-9-26-19(14-27)15-7-5-4-6-8-15;1-5(2,3)4/h4-8,11-13,19,26H,9-10,14H2,1-3H3,(H,30,31);1H3,(H,2,3,4). The van der Waals surface area contributed by atoms with Crippen molar-refractivity contribution in [1.82, 2.24) is 9.88 Å². The highest BCUT2D eigenvalue weighted by Gasteiger charge is 2.26. The minimum atomic E-state index is -3.67. The van der Waals surface area contributed by atoms with Crippen LogP contribution in [0.1, 0.15) is 42.7 Å². The Bertz CT molecular complexity index is 1420. The SMILES string of the molecule is CC(C)(C)n1cc(C(=O)O)c(=O)c2cc(F)c(N3CCNC(c4ccccc4)C3)cc21.CS(=O)(=O)O. The predicted octanol–water partition coefficient (Wildman–Crippen LogP) is 3.25. The third-order valence-corrected chi connectivity index (χ3v) is 5.74. The van der Waals surface area contributed by atoms with E-state index in [4.69, 9.17) is 4.55 Å². The minimum absolute atomic E-state index is 0.0595. The van der Waals surface area contributed by atoms with Crippen molar-refractivity contribution in [2.45, 2.75) is 32.4 Å². The Labute approximate surface area is 208 Å². The van der Waals surface area contributed by atoms with E-state index < -0.39 is 32.9 Å². The molecular weight excluding hydrogens is 489 g/mol. The number of rotatable bonds is 3. The van der Waals surface area contributed by atoms with Gasteiger partial charge in [0.1, 0.15) is 11.4 Å². The normalized spacial score (nSPS) is 16.4. The van der Waals surface area contributed by atoms with Crippen molar-refractivity contribution in [1.29, 1.82) is 0 Å². The highest BCUT2D eigenvalue weighted by molar-refractivity contribution is 7.85. The van der Waals surface area contributed by atoms with Crippen LogP contribution in [-0.4, -0.2) is 54.5 Å². The van der Waals surface area contributed by atoms with Crippen molar-refractivity contribution in [3.05, 3.63) is 75.8 Å². The van der Waals surface area contributed by atoms with E-state index in [0.717, 1.165) is 5.56 Å². The molecule has 0 spiro atoms. The molecule has 36 heavy (non-hydrogen) atoms. The highest BCUT2D eigenvalue weighted by atomic mass is 32.2. The minimum Gasteiger partial charge on any atom is -0.477 e. The number of halogens is 1. The van der Waals surface area contributed by atoms with Gasteiger partial charge in [0.25, 0.3) is 10.1 Å². The van der Waals surface area contributed by atoms with E-state index in [0.29, 0.717) is 37.1 Å². The Balaban J connectivity index is 0.000000658. The molecule has 1 aliphatic rings. The Hall–Kier alpha value is -3.28. The number of piperazine rings is 1. The van der Waals surface area contributed by atoms with Gasteiger partial charge in [0.2, 0.25) is 5.43 Å². The van der Waals surface area contributed by atoms with Gasteiger partial charge in [-0.25, -0.2) is 9.18 Å². The molecule has 0 aliphatic carbocycles. The number of hydrogen-bond acceptors (Lipinski definition) is 6. The van der Waals surface area contributed by atoms with Gasteiger partial charge in [-0.2, -0.15) is 8.42 Å². The van der Waals surface area contributed by atoms with E-state index in [1.165, 1.54) is 12.3 Å². The molecule has 2 heterocycles. The summed E-state index contributed by atoms with van der Waals surface area (Å²) in [4.78, 5) is 26.3. The van der Waals surface area contributed by atoms with Crippen molar-refractivity contribution in [2.24, 2.45) is 0 Å². The van der Waals surface area contributed by atoms with Crippen molar-refractivity contribution in [2.75, 3.05) is 30.8 Å². The molecule has 1 aliphatic heterocycles. The van der Waals surface area contributed by atoms with Gasteiger partial charge in [0, 0.05) is 42.8 Å². The van der Waals surface area contributed by atoms with Crippen molar-refractivity contribution in [3.63, 3.8) is 0 Å². The molecule has 3 N–H and O–H groups in total. The summed E-state index contributed by atoms with van der Waals surface area (Å²) in [5, 5.41) is 13.0. The topological polar surface area (TPSA) is 129 Å². The fraction of sp³-hybridized carbons (Fsp3) is 0.360. The van der Waals surface area contributed by atoms with Gasteiger partial charge in [0.15, 0.2) is 0 Å². The van der Waals surface area contributed by atoms with Crippen LogP contribution in [0.2, 0.25) is 0 Å². The lowest BCUT2D eigenvalue weighted by molar-refractivity contribution is 0.0694. The van der Waals surface area contributed by atoms with Gasteiger partial charge < -0.3 is 19.9 Å². The van der Waals surface area contributed by atoms with E-state index in [1.54, 1.807) is 10.6 Å². The first-order valence-electron chi connectivity index (χ1n) is 11.2. The third kappa shape index (κ3) is 6.48. The number of hydrogen-bond donors (Lipinski definition) is 3. The van der Waals surface area contributed by atoms with Crippen LogP contribution < -0.4 is 15.6 Å². The van der Waals surface area contributed by atoms with Crippen molar-refractivity contribution < 1.29 is 27.3 Å². The second kappa shape index (κ2) is 10.4. The van der Waals surface area contributed by atoms with Crippen LogP contribution in [0.15, 0.2) is 53.5 Å². The molecule has 0 radical (unpaired) electrons. The Morgan fingerprint density at radius 2 is 1.78 bits per heavy atom. The number of aromatic carboxylic acids is 1. The molecule has 1 atom stereocenters. The van der Waals surface area contributed by atoms with Crippen LogP contribution in [0, 0.1) is 5.82 Å². The number of nitrogens with one attached hydrogen (secondary N) is 1. The van der Waals surface area contributed by atoms with E-state index in [-0.39, 0.29) is 17.0 Å². The van der Waals surface area contributed by atoms with Gasteiger partial charge in [0.05, 0.1) is 17.5 Å². The molecular formula is C25H30FN3O6S. The number of pyridine rings is 1. The average molecular weight is 520 g/mol. The number of benzene rings is 2. The summed E-state index contributed by atoms with van der Waals surface area (Å²) in [7, 11) is -3.67. The second-order valence-electron chi connectivity index (χ2n) is 9.64. The molecule has 1 unspecified atom stereocenters. The first-order valence-corrected chi connectivity index (χ1v) is 13.1. The predicted molar refractivity (Wildman–Crippen MR) is 137 cm³/mol. The molecule has 1 aromatic heterocycles. The molecule has 4 rings (SSSR count). The van der Waals surface area contributed by atoms with Crippen LogP contribution in [0.5, 0.6) is 0 Å². The van der Waals surface area contributed by atoms with Gasteiger partial charge in [-0.15, -0.1) is 0 Å². The number of anilines is 1. The van der Waals surface area contributed by atoms with Gasteiger partial charge in [-0.1, -0.05) is 30.3 Å². The molecule has 9 nitrogen and oxygen atoms in total. The number of fused-ring (bicyclic) bond motifs is 1. The van der Waals surface area contributed by atoms with E-state index in [1.807, 2.05) is 56.0 Å². The highest BCUT2D eigenvalue weighted by Crippen LogP contribution is 2.30. The molecule has 194 valence electrons. The first kappa shape index (κ1) is 27.3. The lowest BCUT2D eigenvalue weighted by atomic mass is 10.0. The van der Waals surface area contributed by atoms with Gasteiger partial charge >= 0.3 is 5.97 Å². The molecule has 2 aromatic carbocycles. The van der Waals surface area contributed by atoms with E-state index >= 15 is 4.39 Å². The van der Waals surface area contributed by atoms with Crippen molar-refractivity contribution >= 4 is 32.7 Å². The molecule has 0 amide bonds. The smallest absolute Gasteiger partial charge is 0.341 e. The molecule has 0 saturated carbocycles. The summed E-state index contributed by atoms with van der Waals surface area (Å²) in [5.74, 6) is -1.84. The Morgan fingerprint density at radius 1 is 1.17 bits per heavy atom. The molecule has 0 bridgehead atoms. The maximum Gasteiger partial charge on any atom is 0.341 e. The van der Waals surface area contributed by atoms with E-state index in [2.05, 4.69) is 5.32 Å². The lowest BCUT2D eigenvalue weighted by Gasteiger charge is -2.36. The largest absolute Gasteiger partial charge is 0.477 e. The zero-order valence-electron chi connectivity index (χ0n) is 20.5. The number of carbonyl (C=O) groups is 1. The van der Waals surface area contributed by atoms with Crippen molar-refractivity contribution in [3.8, 4) is 0 Å². The summed E-state index contributed by atoms with van der Waals surface area (Å²) in [6.45, 7) is 7.66. The quantitative estimate of drug-likeness (QED) is 0.450.